The van der Waals surface area contributed by atoms with Gasteiger partial charge in [0.1, 0.15) is 5.69 Å². The fourth-order valence-corrected chi connectivity index (χ4v) is 6.88. The predicted molar refractivity (Wildman–Crippen MR) is 139 cm³/mol. The molecule has 3 aromatic heterocycles. The molecule has 1 amide bonds. The van der Waals surface area contributed by atoms with Gasteiger partial charge in [-0.05, 0) is 57.7 Å². The zero-order chi connectivity index (χ0) is 25.8. The van der Waals surface area contributed by atoms with E-state index in [1.807, 2.05) is 6.92 Å². The van der Waals surface area contributed by atoms with Gasteiger partial charge in [-0.2, -0.15) is 0 Å². The molecule has 0 spiro atoms. The molecule has 1 aliphatic carbocycles. The molecule has 1 saturated heterocycles. The van der Waals surface area contributed by atoms with E-state index in [0.29, 0.717) is 48.0 Å². The van der Waals surface area contributed by atoms with Crippen molar-refractivity contribution in [3.8, 4) is 16.5 Å². The van der Waals surface area contributed by atoms with Crippen LogP contribution < -0.4 is 15.4 Å². The predicted octanol–water partition coefficient (Wildman–Crippen LogP) is 3.33. The molecular formula is C25H30N6O4S2. The molecule has 1 unspecified atom stereocenters. The van der Waals surface area contributed by atoms with Crippen LogP contribution >= 0.6 is 11.3 Å². The first-order valence-corrected chi connectivity index (χ1v) is 15.0. The summed E-state index contributed by atoms with van der Waals surface area (Å²) >= 11 is 1.21. The Labute approximate surface area is 220 Å². The Balaban J connectivity index is 1.37. The molecule has 12 heteroatoms. The lowest BCUT2D eigenvalue weighted by molar-refractivity contribution is 0.0929. The summed E-state index contributed by atoms with van der Waals surface area (Å²) in [5, 5.41) is 6.55. The number of hydrogen-bond donors (Lipinski definition) is 2. The Hall–Kier alpha value is -2.96. The number of sulfone groups is 1. The first-order valence-electron chi connectivity index (χ1n) is 12.6. The zero-order valence-corrected chi connectivity index (χ0v) is 22.2. The summed E-state index contributed by atoms with van der Waals surface area (Å²) in [5.74, 6) is 0.0646. The van der Waals surface area contributed by atoms with Gasteiger partial charge in [0.2, 0.25) is 5.88 Å². The third-order valence-electron chi connectivity index (χ3n) is 6.50. The second kappa shape index (κ2) is 11.2. The van der Waals surface area contributed by atoms with Crippen molar-refractivity contribution in [1.29, 1.82) is 0 Å². The molecule has 0 bridgehead atoms. The first-order chi connectivity index (χ1) is 17.9. The Morgan fingerprint density at radius 2 is 2.08 bits per heavy atom. The number of aromatic nitrogens is 4. The van der Waals surface area contributed by atoms with E-state index in [4.69, 9.17) is 4.74 Å². The van der Waals surface area contributed by atoms with Gasteiger partial charge in [0.25, 0.3) is 5.91 Å². The van der Waals surface area contributed by atoms with Crippen molar-refractivity contribution in [2.75, 3.05) is 13.2 Å². The number of nitrogens with one attached hydrogen (secondary N) is 2. The van der Waals surface area contributed by atoms with Crippen LogP contribution in [0.25, 0.3) is 10.6 Å². The monoisotopic (exact) mass is 542 g/mol. The van der Waals surface area contributed by atoms with Gasteiger partial charge in [-0.1, -0.05) is 6.42 Å². The third kappa shape index (κ3) is 6.13. The van der Waals surface area contributed by atoms with Crippen molar-refractivity contribution in [2.45, 2.75) is 67.7 Å². The number of ether oxygens (including phenoxy) is 1. The maximum Gasteiger partial charge on any atom is 0.280 e. The normalized spacial score (nSPS) is 18.8. The molecule has 2 atom stereocenters. The van der Waals surface area contributed by atoms with Gasteiger partial charge in [-0.15, -0.1) is 11.3 Å². The average molecular weight is 543 g/mol. The quantitative estimate of drug-likeness (QED) is 0.395. The highest BCUT2D eigenvalue weighted by Crippen LogP contribution is 2.34. The number of thiazole rings is 1. The highest BCUT2D eigenvalue weighted by Gasteiger charge is 2.37. The topological polar surface area (TPSA) is 136 Å². The van der Waals surface area contributed by atoms with E-state index in [2.05, 4.69) is 30.6 Å². The van der Waals surface area contributed by atoms with Crippen LogP contribution in [-0.2, 0) is 9.84 Å². The molecule has 0 radical (unpaired) electrons. The molecule has 4 heterocycles. The fourth-order valence-electron chi connectivity index (χ4n) is 4.43. The largest absolute Gasteiger partial charge is 0.477 e. The van der Waals surface area contributed by atoms with Gasteiger partial charge < -0.3 is 15.4 Å². The molecule has 1 saturated carbocycles. The molecule has 37 heavy (non-hydrogen) atoms. The van der Waals surface area contributed by atoms with Crippen LogP contribution in [0.3, 0.4) is 0 Å². The molecule has 196 valence electrons. The summed E-state index contributed by atoms with van der Waals surface area (Å²) in [6, 6.07) is 2.89. The second-order valence-electron chi connectivity index (χ2n) is 9.27. The standard InChI is InChI=1S/C25H30N6O4S2/c1-2-35-23-15-26-13-21(30-23)22-14-29-25(36-22)24(32)31-20(11-16-5-3-4-9-27-16)19-12-18(8-10-28-19)37(33,34)17-6-7-17/h8,10,12-17,20,27H,2-7,9,11H2,1H3,(H,31,32)/t16?,20-/m0/s1. The molecule has 3 aromatic rings. The van der Waals surface area contributed by atoms with E-state index in [0.717, 1.165) is 25.8 Å². The average Bonchev–Trinajstić information content (AvgIpc) is 3.67. The van der Waals surface area contributed by atoms with E-state index in [-0.39, 0.29) is 27.1 Å². The minimum atomic E-state index is -3.37. The molecule has 0 aromatic carbocycles. The Morgan fingerprint density at radius 3 is 2.84 bits per heavy atom. The molecular weight excluding hydrogens is 512 g/mol. The third-order valence-corrected chi connectivity index (χ3v) is 9.77. The minimum absolute atomic E-state index is 0.202. The Kier molecular flexibility index (Phi) is 7.77. The van der Waals surface area contributed by atoms with Gasteiger partial charge in [0, 0.05) is 18.4 Å². The summed E-state index contributed by atoms with van der Waals surface area (Å²) in [6.45, 7) is 3.27. The lowest BCUT2D eigenvalue weighted by Crippen LogP contribution is -2.39. The number of carbonyl (C=O) groups is 1. The van der Waals surface area contributed by atoms with Crippen LogP contribution in [0, 0.1) is 0 Å². The lowest BCUT2D eigenvalue weighted by Gasteiger charge is -2.28. The van der Waals surface area contributed by atoms with Crippen molar-refractivity contribution in [2.24, 2.45) is 0 Å². The summed E-state index contributed by atoms with van der Waals surface area (Å²) in [5.41, 5.74) is 1.11. The number of carbonyl (C=O) groups excluding carboxylic acids is 1. The first kappa shape index (κ1) is 25.7. The van der Waals surface area contributed by atoms with Gasteiger partial charge in [0.15, 0.2) is 14.8 Å². The maximum atomic E-state index is 13.3. The second-order valence-corrected chi connectivity index (χ2v) is 12.5. The number of rotatable bonds is 10. The summed E-state index contributed by atoms with van der Waals surface area (Å²) in [4.78, 5) is 31.6. The van der Waals surface area contributed by atoms with E-state index in [9.17, 15) is 13.2 Å². The number of nitrogens with zero attached hydrogens (tertiary/aromatic N) is 4. The Bertz CT molecular complexity index is 1350. The van der Waals surface area contributed by atoms with Crippen LogP contribution in [0.4, 0.5) is 0 Å². The van der Waals surface area contributed by atoms with Crippen LogP contribution in [-0.4, -0.2) is 58.7 Å². The van der Waals surface area contributed by atoms with Gasteiger partial charge in [-0.25, -0.2) is 18.4 Å². The molecule has 2 N–H and O–H groups in total. The SMILES string of the molecule is CCOc1cncc(-c2cnc(C(=O)N[C@@H](CC3CCCCN3)c3cc(S(=O)(=O)C4CC4)ccn3)s2)n1. The van der Waals surface area contributed by atoms with E-state index >= 15 is 0 Å². The highest BCUT2D eigenvalue weighted by atomic mass is 32.2. The van der Waals surface area contributed by atoms with Crippen LogP contribution in [0.1, 0.15) is 67.0 Å². The van der Waals surface area contributed by atoms with E-state index in [1.54, 1.807) is 24.5 Å². The molecule has 1 aliphatic heterocycles. The molecule has 10 nitrogen and oxygen atoms in total. The lowest BCUT2D eigenvalue weighted by atomic mass is 9.96. The minimum Gasteiger partial charge on any atom is -0.477 e. The van der Waals surface area contributed by atoms with E-state index < -0.39 is 15.9 Å². The van der Waals surface area contributed by atoms with E-state index in [1.165, 1.54) is 23.7 Å². The Morgan fingerprint density at radius 1 is 1.22 bits per heavy atom. The van der Waals surface area contributed by atoms with Crippen LogP contribution in [0.2, 0.25) is 0 Å². The van der Waals surface area contributed by atoms with Crippen molar-refractivity contribution >= 4 is 27.1 Å². The fraction of sp³-hybridized carbons (Fsp3) is 0.480. The van der Waals surface area contributed by atoms with Gasteiger partial charge in [0.05, 0.1) is 45.8 Å². The number of amides is 1. The smallest absolute Gasteiger partial charge is 0.280 e. The zero-order valence-electron chi connectivity index (χ0n) is 20.6. The van der Waals surface area contributed by atoms with Crippen molar-refractivity contribution in [1.82, 2.24) is 30.6 Å². The van der Waals surface area contributed by atoms with Crippen LogP contribution in [0.5, 0.6) is 5.88 Å². The van der Waals surface area contributed by atoms with Crippen LogP contribution in [0.15, 0.2) is 41.8 Å². The maximum absolute atomic E-state index is 13.3. The van der Waals surface area contributed by atoms with Crippen molar-refractivity contribution < 1.29 is 17.9 Å². The van der Waals surface area contributed by atoms with Crippen molar-refractivity contribution in [3.05, 3.63) is 47.6 Å². The van der Waals surface area contributed by atoms with Crippen molar-refractivity contribution in [3.63, 3.8) is 0 Å². The molecule has 2 aliphatic rings. The number of hydrogen-bond acceptors (Lipinski definition) is 10. The summed E-state index contributed by atoms with van der Waals surface area (Å²) in [7, 11) is -3.37. The number of piperidine rings is 1. The molecule has 2 fully saturated rings. The van der Waals surface area contributed by atoms with Gasteiger partial charge in [-0.3, -0.25) is 14.8 Å². The summed E-state index contributed by atoms with van der Waals surface area (Å²) < 4.78 is 31.1. The summed E-state index contributed by atoms with van der Waals surface area (Å²) in [6.07, 6.45) is 11.5. The molecule has 5 rings (SSSR count). The number of pyridine rings is 1. The highest BCUT2D eigenvalue weighted by molar-refractivity contribution is 7.92. The van der Waals surface area contributed by atoms with Gasteiger partial charge >= 0.3 is 0 Å².